The molecular formula is C14H13Cl2NS. The van der Waals surface area contributed by atoms with Gasteiger partial charge in [-0.15, -0.1) is 11.8 Å². The Bertz CT molecular complexity index is 518. The van der Waals surface area contributed by atoms with Crippen LogP contribution < -0.4 is 5.73 Å². The van der Waals surface area contributed by atoms with Crippen molar-refractivity contribution in [2.75, 3.05) is 5.73 Å². The molecule has 2 aromatic rings. The summed E-state index contributed by atoms with van der Waals surface area (Å²) < 4.78 is 0. The predicted molar refractivity (Wildman–Crippen MR) is 81.6 cm³/mol. The fraction of sp³-hybridized carbons (Fsp3) is 0.143. The van der Waals surface area contributed by atoms with Gasteiger partial charge in [0.25, 0.3) is 0 Å². The second-order valence-electron chi connectivity index (χ2n) is 4.05. The molecule has 4 heteroatoms. The molecule has 18 heavy (non-hydrogen) atoms. The molecule has 0 aromatic heterocycles. The van der Waals surface area contributed by atoms with Crippen LogP contribution in [0.3, 0.4) is 0 Å². The summed E-state index contributed by atoms with van der Waals surface area (Å²) in [7, 11) is 0. The number of halogens is 2. The molecule has 0 unspecified atom stereocenters. The average Bonchev–Trinajstić information content (AvgIpc) is 2.34. The molecule has 0 fully saturated rings. The first-order chi connectivity index (χ1) is 8.56. The molecule has 0 saturated heterocycles. The molecule has 0 saturated carbocycles. The number of nitrogen functional groups attached to an aromatic ring is 1. The van der Waals surface area contributed by atoms with Crippen LogP contribution in [-0.4, -0.2) is 0 Å². The van der Waals surface area contributed by atoms with Gasteiger partial charge in [-0.2, -0.15) is 0 Å². The number of benzene rings is 2. The van der Waals surface area contributed by atoms with Gasteiger partial charge in [0.05, 0.1) is 0 Å². The maximum atomic E-state index is 6.14. The van der Waals surface area contributed by atoms with Gasteiger partial charge < -0.3 is 5.73 Å². The summed E-state index contributed by atoms with van der Waals surface area (Å²) >= 11 is 13.8. The predicted octanol–water partition coefficient (Wildman–Crippen LogP) is 5.18. The second-order valence-corrected chi connectivity index (χ2v) is 5.91. The largest absolute Gasteiger partial charge is 0.399 e. The summed E-state index contributed by atoms with van der Waals surface area (Å²) in [6, 6.07) is 11.4. The topological polar surface area (TPSA) is 26.0 Å². The first-order valence-electron chi connectivity index (χ1n) is 5.49. The third kappa shape index (κ3) is 3.35. The number of thioether (sulfide) groups is 1. The lowest BCUT2D eigenvalue weighted by atomic mass is 10.2. The first kappa shape index (κ1) is 13.6. The molecule has 2 rings (SSSR count). The highest BCUT2D eigenvalue weighted by molar-refractivity contribution is 7.98. The van der Waals surface area contributed by atoms with E-state index in [0.29, 0.717) is 5.02 Å². The van der Waals surface area contributed by atoms with Crippen LogP contribution in [-0.2, 0) is 5.75 Å². The van der Waals surface area contributed by atoms with Crippen LogP contribution >= 0.6 is 35.0 Å². The Morgan fingerprint density at radius 2 is 1.89 bits per heavy atom. The Kier molecular flexibility index (Phi) is 4.44. The number of nitrogens with two attached hydrogens (primary N) is 1. The Hall–Kier alpha value is -0.830. The van der Waals surface area contributed by atoms with Crippen LogP contribution in [0.4, 0.5) is 5.69 Å². The average molecular weight is 298 g/mol. The molecule has 0 amide bonds. The van der Waals surface area contributed by atoms with Gasteiger partial charge in [-0.3, -0.25) is 0 Å². The summed E-state index contributed by atoms with van der Waals surface area (Å²) in [5.41, 5.74) is 8.82. The molecule has 0 aliphatic heterocycles. The summed E-state index contributed by atoms with van der Waals surface area (Å²) in [5.74, 6) is 0.781. The Morgan fingerprint density at radius 1 is 1.11 bits per heavy atom. The monoisotopic (exact) mass is 297 g/mol. The van der Waals surface area contributed by atoms with Gasteiger partial charge in [0.15, 0.2) is 0 Å². The molecule has 0 bridgehead atoms. The number of anilines is 1. The zero-order valence-electron chi connectivity index (χ0n) is 9.91. The van der Waals surface area contributed by atoms with E-state index in [9.17, 15) is 0 Å². The third-order valence-corrected chi connectivity index (χ3v) is 4.41. The van der Waals surface area contributed by atoms with E-state index in [1.165, 1.54) is 10.5 Å². The SMILES string of the molecule is Cc1ccc(N)cc1SCc1cc(Cl)ccc1Cl. The molecule has 94 valence electrons. The minimum absolute atomic E-state index is 0.708. The molecule has 0 heterocycles. The van der Waals surface area contributed by atoms with Crippen LogP contribution in [0.5, 0.6) is 0 Å². The molecule has 2 N–H and O–H groups in total. The number of hydrogen-bond acceptors (Lipinski definition) is 2. The summed E-state index contributed by atoms with van der Waals surface area (Å²) in [6.45, 7) is 2.07. The molecule has 1 nitrogen and oxygen atoms in total. The van der Waals surface area contributed by atoms with Crippen molar-refractivity contribution in [3.8, 4) is 0 Å². The molecule has 0 atom stereocenters. The Labute approximate surface area is 121 Å². The maximum Gasteiger partial charge on any atom is 0.0447 e. The van der Waals surface area contributed by atoms with E-state index in [-0.39, 0.29) is 0 Å². The number of aryl methyl sites for hydroxylation is 1. The quantitative estimate of drug-likeness (QED) is 0.624. The van der Waals surface area contributed by atoms with Gasteiger partial charge in [-0.1, -0.05) is 29.3 Å². The van der Waals surface area contributed by atoms with Gasteiger partial charge in [0.2, 0.25) is 0 Å². The zero-order valence-corrected chi connectivity index (χ0v) is 12.2. The van der Waals surface area contributed by atoms with Crippen molar-refractivity contribution >= 4 is 40.7 Å². The molecule has 2 aromatic carbocycles. The number of hydrogen-bond donors (Lipinski definition) is 1. The van der Waals surface area contributed by atoms with Gasteiger partial charge >= 0.3 is 0 Å². The summed E-state index contributed by atoms with van der Waals surface area (Å²) in [6.07, 6.45) is 0. The van der Waals surface area contributed by atoms with Crippen molar-refractivity contribution in [1.82, 2.24) is 0 Å². The maximum absolute atomic E-state index is 6.14. The first-order valence-corrected chi connectivity index (χ1v) is 7.23. The Balaban J connectivity index is 2.16. The minimum atomic E-state index is 0.708. The lowest BCUT2D eigenvalue weighted by Gasteiger charge is -2.08. The zero-order chi connectivity index (χ0) is 13.1. The van der Waals surface area contributed by atoms with E-state index < -0.39 is 0 Å². The normalized spacial score (nSPS) is 10.6. The molecule has 0 spiro atoms. The lowest BCUT2D eigenvalue weighted by Crippen LogP contribution is -1.88. The van der Waals surface area contributed by atoms with Gasteiger partial charge in [-0.25, -0.2) is 0 Å². The summed E-state index contributed by atoms with van der Waals surface area (Å²) in [5, 5.41) is 1.45. The molecular weight excluding hydrogens is 285 g/mol. The van der Waals surface area contributed by atoms with E-state index in [1.807, 2.05) is 30.3 Å². The minimum Gasteiger partial charge on any atom is -0.399 e. The Morgan fingerprint density at radius 3 is 2.67 bits per heavy atom. The van der Waals surface area contributed by atoms with Gasteiger partial charge in [0, 0.05) is 26.4 Å². The van der Waals surface area contributed by atoms with Crippen molar-refractivity contribution in [2.45, 2.75) is 17.6 Å². The van der Waals surface area contributed by atoms with E-state index >= 15 is 0 Å². The standard InChI is InChI=1S/C14H13Cl2NS/c1-9-2-4-12(17)7-14(9)18-8-10-6-11(15)3-5-13(10)16/h2-7H,8,17H2,1H3. The van der Waals surface area contributed by atoms with E-state index in [0.717, 1.165) is 22.0 Å². The van der Waals surface area contributed by atoms with Crippen LogP contribution in [0.1, 0.15) is 11.1 Å². The van der Waals surface area contributed by atoms with Crippen LogP contribution in [0.2, 0.25) is 10.0 Å². The fourth-order valence-electron chi connectivity index (χ4n) is 1.58. The van der Waals surface area contributed by atoms with Crippen molar-refractivity contribution in [3.05, 3.63) is 57.6 Å². The van der Waals surface area contributed by atoms with Crippen LogP contribution in [0.25, 0.3) is 0 Å². The van der Waals surface area contributed by atoms with E-state index in [1.54, 1.807) is 17.8 Å². The molecule has 0 radical (unpaired) electrons. The highest BCUT2D eigenvalue weighted by atomic mass is 35.5. The van der Waals surface area contributed by atoms with Crippen molar-refractivity contribution in [1.29, 1.82) is 0 Å². The van der Waals surface area contributed by atoms with Gasteiger partial charge in [-0.05, 0) is 48.4 Å². The lowest BCUT2D eigenvalue weighted by molar-refractivity contribution is 1.29. The van der Waals surface area contributed by atoms with E-state index in [4.69, 9.17) is 28.9 Å². The highest BCUT2D eigenvalue weighted by Gasteiger charge is 2.05. The van der Waals surface area contributed by atoms with Crippen molar-refractivity contribution in [2.24, 2.45) is 0 Å². The summed E-state index contributed by atoms with van der Waals surface area (Å²) in [4.78, 5) is 1.17. The van der Waals surface area contributed by atoms with E-state index in [2.05, 4.69) is 6.92 Å². The fourth-order valence-corrected chi connectivity index (χ4v) is 3.10. The highest BCUT2D eigenvalue weighted by Crippen LogP contribution is 2.31. The van der Waals surface area contributed by atoms with Crippen molar-refractivity contribution < 1.29 is 0 Å². The second kappa shape index (κ2) is 5.87. The third-order valence-electron chi connectivity index (χ3n) is 2.60. The van der Waals surface area contributed by atoms with Crippen LogP contribution in [0.15, 0.2) is 41.3 Å². The smallest absolute Gasteiger partial charge is 0.0447 e. The molecule has 0 aliphatic carbocycles. The van der Waals surface area contributed by atoms with Gasteiger partial charge in [0.1, 0.15) is 0 Å². The number of rotatable bonds is 3. The van der Waals surface area contributed by atoms with Crippen molar-refractivity contribution in [3.63, 3.8) is 0 Å². The molecule has 0 aliphatic rings. The van der Waals surface area contributed by atoms with Crippen LogP contribution in [0, 0.1) is 6.92 Å².